The van der Waals surface area contributed by atoms with Crippen molar-refractivity contribution in [2.24, 2.45) is 15.9 Å². The Kier molecular flexibility index (Phi) is 6.76. The van der Waals surface area contributed by atoms with Gasteiger partial charge in [-0.1, -0.05) is 133 Å². The molecule has 0 fully saturated rings. The van der Waals surface area contributed by atoms with E-state index in [9.17, 15) is 0 Å². The first-order valence-electron chi connectivity index (χ1n) is 17.3. The zero-order chi connectivity index (χ0) is 33.0. The van der Waals surface area contributed by atoms with E-state index in [-0.39, 0.29) is 5.92 Å². The fraction of sp³-hybridized carbons (Fsp3) is 0.111. The van der Waals surface area contributed by atoms with E-state index in [4.69, 9.17) is 18.8 Å². The first-order chi connectivity index (χ1) is 24.8. The minimum absolute atomic E-state index is 0.138. The molecule has 0 radical (unpaired) electrons. The topological polar surface area (TPSA) is 63.0 Å². The highest BCUT2D eigenvalue weighted by molar-refractivity contribution is 6.13. The zero-order valence-corrected chi connectivity index (χ0v) is 27.3. The average Bonchev–Trinajstić information content (AvgIpc) is 3.77. The summed E-state index contributed by atoms with van der Waals surface area (Å²) < 4.78 is 13.2. The second-order valence-electron chi connectivity index (χ2n) is 13.2. The Morgan fingerprint density at radius 1 is 0.620 bits per heavy atom. The van der Waals surface area contributed by atoms with Crippen molar-refractivity contribution >= 4 is 56.2 Å². The molecule has 0 saturated carbocycles. The van der Waals surface area contributed by atoms with Gasteiger partial charge in [0.1, 0.15) is 34.2 Å². The lowest BCUT2D eigenvalue weighted by Crippen LogP contribution is -2.39. The molecule has 3 aliphatic rings. The Morgan fingerprint density at radius 2 is 1.38 bits per heavy atom. The summed E-state index contributed by atoms with van der Waals surface area (Å²) in [6, 6.07) is 40.2. The zero-order valence-electron chi connectivity index (χ0n) is 27.3. The number of fused-ring (bicyclic) bond motifs is 6. The Bertz CT molecular complexity index is 2600. The normalized spacial score (nSPS) is 18.5. The fourth-order valence-corrected chi connectivity index (χ4v) is 7.67. The highest BCUT2D eigenvalue weighted by Crippen LogP contribution is 2.42. The summed E-state index contributed by atoms with van der Waals surface area (Å²) in [5, 5.41) is 6.98. The van der Waals surface area contributed by atoms with Crippen LogP contribution in [-0.4, -0.2) is 11.7 Å². The number of rotatable bonds is 5. The van der Waals surface area contributed by atoms with Crippen LogP contribution in [0.4, 0.5) is 0 Å². The third-order valence-corrected chi connectivity index (χ3v) is 10.2. The van der Waals surface area contributed by atoms with E-state index in [1.807, 2.05) is 18.2 Å². The van der Waals surface area contributed by atoms with Gasteiger partial charge in [0.05, 0.1) is 0 Å². The molecule has 1 N–H and O–H groups in total. The minimum atomic E-state index is -0.464. The third-order valence-electron chi connectivity index (χ3n) is 10.2. The maximum absolute atomic E-state index is 6.90. The molecule has 240 valence electrons. The molecule has 5 aromatic carbocycles. The average molecular weight is 648 g/mol. The molecule has 3 heterocycles. The van der Waals surface area contributed by atoms with E-state index >= 15 is 0 Å². The quantitative estimate of drug-likeness (QED) is 0.202. The van der Waals surface area contributed by atoms with Gasteiger partial charge >= 0.3 is 0 Å². The third kappa shape index (κ3) is 4.85. The van der Waals surface area contributed by atoms with Crippen LogP contribution in [0.1, 0.15) is 47.0 Å². The van der Waals surface area contributed by atoms with Gasteiger partial charge in [-0.2, -0.15) is 0 Å². The number of nitrogens with one attached hydrogen (secondary N) is 1. The van der Waals surface area contributed by atoms with Crippen molar-refractivity contribution in [1.29, 1.82) is 0 Å². The molecule has 1 aliphatic heterocycles. The molecule has 2 unspecified atom stereocenters. The van der Waals surface area contributed by atoms with Crippen LogP contribution in [-0.2, 0) is 6.42 Å². The van der Waals surface area contributed by atoms with E-state index in [0.717, 1.165) is 80.9 Å². The van der Waals surface area contributed by atoms with Crippen molar-refractivity contribution in [2.45, 2.75) is 25.4 Å². The lowest BCUT2D eigenvalue weighted by Gasteiger charge is -2.26. The lowest BCUT2D eigenvalue weighted by atomic mass is 9.90. The number of para-hydroxylation sites is 3. The Balaban J connectivity index is 1.08. The highest BCUT2D eigenvalue weighted by Gasteiger charge is 2.27. The molecule has 2 aliphatic carbocycles. The van der Waals surface area contributed by atoms with Gasteiger partial charge in [-0.3, -0.25) is 0 Å². The summed E-state index contributed by atoms with van der Waals surface area (Å²) in [7, 11) is 0. The van der Waals surface area contributed by atoms with Crippen LogP contribution in [0, 0.1) is 5.92 Å². The highest BCUT2D eigenvalue weighted by atomic mass is 16.3. The molecule has 2 atom stereocenters. The van der Waals surface area contributed by atoms with Gasteiger partial charge in [-0.15, -0.1) is 0 Å². The molecule has 5 heteroatoms. The molecule has 2 aromatic heterocycles. The van der Waals surface area contributed by atoms with Gasteiger partial charge in [0, 0.05) is 44.3 Å². The van der Waals surface area contributed by atoms with Crippen LogP contribution in [0.3, 0.4) is 0 Å². The number of amidine groups is 2. The van der Waals surface area contributed by atoms with Crippen LogP contribution in [0.15, 0.2) is 158 Å². The molecule has 7 aromatic rings. The number of benzene rings is 5. The van der Waals surface area contributed by atoms with Crippen LogP contribution in [0.25, 0.3) is 55.7 Å². The number of hydrogen-bond acceptors (Lipinski definition) is 5. The number of aryl methyl sites for hydroxylation is 1. The van der Waals surface area contributed by atoms with Crippen molar-refractivity contribution in [3.63, 3.8) is 0 Å². The van der Waals surface area contributed by atoms with Crippen molar-refractivity contribution in [3.8, 4) is 11.1 Å². The number of hydrogen-bond donors (Lipinski definition) is 1. The van der Waals surface area contributed by atoms with Gasteiger partial charge in [0.25, 0.3) is 0 Å². The van der Waals surface area contributed by atoms with Crippen molar-refractivity contribution in [3.05, 3.63) is 168 Å². The van der Waals surface area contributed by atoms with Gasteiger partial charge in [0.15, 0.2) is 6.17 Å². The van der Waals surface area contributed by atoms with E-state index in [1.165, 1.54) is 27.6 Å². The predicted octanol–water partition coefficient (Wildman–Crippen LogP) is 11.1. The Hall–Kier alpha value is -6.20. The fourth-order valence-electron chi connectivity index (χ4n) is 7.67. The molecule has 5 nitrogen and oxygen atoms in total. The van der Waals surface area contributed by atoms with Crippen molar-refractivity contribution in [2.75, 3.05) is 0 Å². The smallest absolute Gasteiger partial charge is 0.173 e. The summed E-state index contributed by atoms with van der Waals surface area (Å²) in [6.45, 7) is 0. The largest absolute Gasteiger partial charge is 0.456 e. The molecular weight excluding hydrogens is 615 g/mol. The van der Waals surface area contributed by atoms with Gasteiger partial charge in [-0.05, 0) is 48.1 Å². The standard InChI is InChI=1S/C45H33N3O2/c1-3-11-28(12-4-1)29-21-23-31(24-22-29)44-46-43(30-13-5-2-6-14-30)47-45(48-44)38-19-10-18-37-36-17-9-16-33(41(36)50-42(37)38)32-25-26-35-34-15-7-8-20-39(34)49-40(35)27-32/h1-13,15-24,27,30,45H,14,25-26H2,(H,46,47,48). The molecule has 0 spiro atoms. The SMILES string of the molecule is C1=CCC(C2=NC(c3cccc4c3oc3c(C5=Cc6oc7ccccc7c6CC5)cccc34)N=C(c3ccc(-c4ccccc4)cc3)N2)C=C1. The van der Waals surface area contributed by atoms with Crippen molar-refractivity contribution < 1.29 is 8.83 Å². The van der Waals surface area contributed by atoms with Crippen LogP contribution >= 0.6 is 0 Å². The maximum atomic E-state index is 6.90. The van der Waals surface area contributed by atoms with Crippen LogP contribution in [0.2, 0.25) is 0 Å². The maximum Gasteiger partial charge on any atom is 0.173 e. The number of aliphatic imine (C=N–C) groups is 2. The first-order valence-corrected chi connectivity index (χ1v) is 17.3. The second-order valence-corrected chi connectivity index (χ2v) is 13.2. The minimum Gasteiger partial charge on any atom is -0.456 e. The summed E-state index contributed by atoms with van der Waals surface area (Å²) in [5.74, 6) is 2.81. The second kappa shape index (κ2) is 11.7. The van der Waals surface area contributed by atoms with E-state index in [0.29, 0.717) is 0 Å². The van der Waals surface area contributed by atoms with Crippen LogP contribution < -0.4 is 5.32 Å². The van der Waals surface area contributed by atoms with Gasteiger partial charge in [0.2, 0.25) is 0 Å². The summed E-state index contributed by atoms with van der Waals surface area (Å²) >= 11 is 0. The number of allylic oxidation sites excluding steroid dienone is 4. The van der Waals surface area contributed by atoms with Gasteiger partial charge in [-0.25, -0.2) is 9.98 Å². The molecule has 50 heavy (non-hydrogen) atoms. The molecule has 0 saturated heterocycles. The Morgan fingerprint density at radius 3 is 2.24 bits per heavy atom. The lowest BCUT2D eigenvalue weighted by molar-refractivity contribution is 0.596. The molecular formula is C45H33N3O2. The Labute approximate surface area is 289 Å². The number of furan rings is 2. The molecule has 0 amide bonds. The van der Waals surface area contributed by atoms with Crippen LogP contribution in [0.5, 0.6) is 0 Å². The van der Waals surface area contributed by atoms with E-state index < -0.39 is 6.17 Å². The summed E-state index contributed by atoms with van der Waals surface area (Å²) in [6.07, 6.45) is 13.1. The van der Waals surface area contributed by atoms with Gasteiger partial charge < -0.3 is 14.2 Å². The molecule has 10 rings (SSSR count). The molecule has 0 bridgehead atoms. The number of nitrogens with zero attached hydrogens (tertiary/aromatic N) is 2. The summed E-state index contributed by atoms with van der Waals surface area (Å²) in [5.41, 5.74) is 10.6. The van der Waals surface area contributed by atoms with E-state index in [1.54, 1.807) is 0 Å². The van der Waals surface area contributed by atoms with E-state index in [2.05, 4.69) is 133 Å². The van der Waals surface area contributed by atoms with Crippen molar-refractivity contribution in [1.82, 2.24) is 5.32 Å². The summed E-state index contributed by atoms with van der Waals surface area (Å²) in [4.78, 5) is 10.5. The predicted molar refractivity (Wildman–Crippen MR) is 204 cm³/mol. The first kappa shape index (κ1) is 28.8. The monoisotopic (exact) mass is 647 g/mol.